The van der Waals surface area contributed by atoms with Gasteiger partial charge in [0.15, 0.2) is 5.78 Å². The van der Waals surface area contributed by atoms with Crippen LogP contribution in [-0.2, 0) is 4.79 Å². The molecule has 1 saturated heterocycles. The third-order valence-electron chi connectivity index (χ3n) is 4.32. The largest absolute Gasteiger partial charge is 0.512 e. The Morgan fingerprint density at radius 3 is 2.57 bits per heavy atom. The molecule has 0 saturated carbocycles. The van der Waals surface area contributed by atoms with Crippen LogP contribution in [0.3, 0.4) is 0 Å². The SMILES string of the molecule is COc1ccc(C2CC(=O)C(C3CCCS3)=C(O)C2)cc1. The minimum Gasteiger partial charge on any atom is -0.512 e. The lowest BCUT2D eigenvalue weighted by Crippen LogP contribution is -2.23. The normalized spacial score (nSPS) is 26.2. The second-order valence-electron chi connectivity index (χ2n) is 5.66. The van der Waals surface area contributed by atoms with E-state index in [0.29, 0.717) is 24.2 Å². The number of ketones is 1. The van der Waals surface area contributed by atoms with Gasteiger partial charge in [0.05, 0.1) is 7.11 Å². The molecule has 21 heavy (non-hydrogen) atoms. The molecule has 0 radical (unpaired) electrons. The van der Waals surface area contributed by atoms with Crippen molar-refractivity contribution in [1.29, 1.82) is 0 Å². The Bertz CT molecular complexity index is 556. The topological polar surface area (TPSA) is 46.5 Å². The molecule has 1 aliphatic heterocycles. The van der Waals surface area contributed by atoms with Crippen molar-refractivity contribution in [3.05, 3.63) is 41.2 Å². The van der Waals surface area contributed by atoms with Crippen LogP contribution in [0.25, 0.3) is 0 Å². The number of benzene rings is 1. The van der Waals surface area contributed by atoms with Gasteiger partial charge in [-0.05, 0) is 42.2 Å². The van der Waals surface area contributed by atoms with Crippen LogP contribution in [0.5, 0.6) is 5.75 Å². The molecule has 0 bridgehead atoms. The van der Waals surface area contributed by atoms with Crippen LogP contribution in [0.15, 0.2) is 35.6 Å². The fourth-order valence-electron chi connectivity index (χ4n) is 3.19. The average Bonchev–Trinajstić information content (AvgIpc) is 3.00. The van der Waals surface area contributed by atoms with Crippen molar-refractivity contribution >= 4 is 17.5 Å². The average molecular weight is 304 g/mol. The highest BCUT2D eigenvalue weighted by atomic mass is 32.2. The van der Waals surface area contributed by atoms with Crippen molar-refractivity contribution in [3.63, 3.8) is 0 Å². The molecular formula is C17H20O3S. The van der Waals surface area contributed by atoms with Gasteiger partial charge in [-0.3, -0.25) is 4.79 Å². The van der Waals surface area contributed by atoms with Crippen molar-refractivity contribution in [2.24, 2.45) is 0 Å². The van der Waals surface area contributed by atoms with Crippen molar-refractivity contribution in [2.75, 3.05) is 12.9 Å². The number of Topliss-reactive ketones (excluding diaryl/α,β-unsaturated/α-hetero) is 1. The van der Waals surface area contributed by atoms with E-state index in [2.05, 4.69) is 0 Å². The molecule has 3 nitrogen and oxygen atoms in total. The lowest BCUT2D eigenvalue weighted by molar-refractivity contribution is -0.116. The summed E-state index contributed by atoms with van der Waals surface area (Å²) in [5, 5.41) is 10.6. The Labute approximate surface area is 129 Å². The van der Waals surface area contributed by atoms with E-state index in [1.54, 1.807) is 18.9 Å². The Morgan fingerprint density at radius 1 is 1.24 bits per heavy atom. The summed E-state index contributed by atoms with van der Waals surface area (Å²) in [6.45, 7) is 0. The molecule has 0 aromatic heterocycles. The summed E-state index contributed by atoms with van der Waals surface area (Å²) in [7, 11) is 1.64. The van der Waals surface area contributed by atoms with Gasteiger partial charge in [0.1, 0.15) is 11.5 Å². The molecule has 1 N–H and O–H groups in total. The Morgan fingerprint density at radius 2 is 2.00 bits per heavy atom. The summed E-state index contributed by atoms with van der Waals surface area (Å²) < 4.78 is 5.15. The fourth-order valence-corrected chi connectivity index (χ4v) is 4.58. The Balaban J connectivity index is 1.80. The maximum Gasteiger partial charge on any atom is 0.163 e. The van der Waals surface area contributed by atoms with Gasteiger partial charge in [-0.1, -0.05) is 12.1 Å². The highest BCUT2D eigenvalue weighted by Crippen LogP contribution is 2.41. The third-order valence-corrected chi connectivity index (χ3v) is 5.72. The molecule has 0 amide bonds. The molecule has 3 rings (SSSR count). The number of hydrogen-bond acceptors (Lipinski definition) is 4. The number of ether oxygens (including phenoxy) is 1. The van der Waals surface area contributed by atoms with Gasteiger partial charge in [-0.25, -0.2) is 0 Å². The van der Waals surface area contributed by atoms with E-state index >= 15 is 0 Å². The maximum atomic E-state index is 12.4. The van der Waals surface area contributed by atoms with Crippen molar-refractivity contribution < 1.29 is 14.6 Å². The van der Waals surface area contributed by atoms with Gasteiger partial charge in [-0.2, -0.15) is 11.8 Å². The van der Waals surface area contributed by atoms with Crippen LogP contribution in [-0.4, -0.2) is 29.0 Å². The zero-order valence-corrected chi connectivity index (χ0v) is 13.0. The summed E-state index contributed by atoms with van der Waals surface area (Å²) in [6, 6.07) is 7.78. The second kappa shape index (κ2) is 6.14. The number of hydrogen-bond donors (Lipinski definition) is 1. The summed E-state index contributed by atoms with van der Waals surface area (Å²) in [5.74, 6) is 2.42. The Kier molecular flexibility index (Phi) is 4.24. The predicted molar refractivity (Wildman–Crippen MR) is 85.1 cm³/mol. The number of rotatable bonds is 3. The first-order chi connectivity index (χ1) is 10.2. The number of carbonyl (C=O) groups is 1. The van der Waals surface area contributed by atoms with E-state index in [1.807, 2.05) is 24.3 Å². The van der Waals surface area contributed by atoms with Crippen LogP contribution < -0.4 is 4.74 Å². The van der Waals surface area contributed by atoms with Gasteiger partial charge in [0.2, 0.25) is 0 Å². The molecule has 1 aromatic rings. The summed E-state index contributed by atoms with van der Waals surface area (Å²) >= 11 is 1.80. The molecule has 0 spiro atoms. The van der Waals surface area contributed by atoms with Crippen molar-refractivity contribution in [3.8, 4) is 5.75 Å². The number of allylic oxidation sites excluding steroid dienone is 1. The molecule has 1 aromatic carbocycles. The van der Waals surface area contributed by atoms with Crippen LogP contribution >= 0.6 is 11.8 Å². The van der Waals surface area contributed by atoms with E-state index in [-0.39, 0.29) is 17.0 Å². The van der Waals surface area contributed by atoms with E-state index in [1.165, 1.54) is 0 Å². The molecule has 1 heterocycles. The maximum absolute atomic E-state index is 12.4. The lowest BCUT2D eigenvalue weighted by atomic mass is 9.81. The molecular weight excluding hydrogens is 284 g/mol. The van der Waals surface area contributed by atoms with E-state index in [4.69, 9.17) is 4.74 Å². The minimum atomic E-state index is 0.0820. The van der Waals surface area contributed by atoms with E-state index in [9.17, 15) is 9.90 Å². The first kappa shape index (κ1) is 14.5. The summed E-state index contributed by atoms with van der Waals surface area (Å²) in [5.41, 5.74) is 1.79. The fraction of sp³-hybridized carbons (Fsp3) is 0.471. The van der Waals surface area contributed by atoms with Crippen LogP contribution in [0, 0.1) is 0 Å². The summed E-state index contributed by atoms with van der Waals surface area (Å²) in [6.07, 6.45) is 3.23. The number of carbonyl (C=O) groups excluding carboxylic acids is 1. The second-order valence-corrected chi connectivity index (χ2v) is 6.97. The number of thioether (sulfide) groups is 1. The highest BCUT2D eigenvalue weighted by Gasteiger charge is 2.34. The number of aliphatic hydroxyl groups is 1. The van der Waals surface area contributed by atoms with Crippen LogP contribution in [0.2, 0.25) is 0 Å². The van der Waals surface area contributed by atoms with Gasteiger partial charge >= 0.3 is 0 Å². The Hall–Kier alpha value is -1.42. The number of aliphatic hydroxyl groups excluding tert-OH is 1. The molecule has 1 aliphatic carbocycles. The van der Waals surface area contributed by atoms with Gasteiger partial charge < -0.3 is 9.84 Å². The molecule has 2 atom stereocenters. The molecule has 112 valence electrons. The third kappa shape index (κ3) is 2.95. The van der Waals surface area contributed by atoms with E-state index in [0.717, 1.165) is 29.9 Å². The standard InChI is InChI=1S/C17H20O3S/c1-20-13-6-4-11(5-7-13)12-9-14(18)17(15(19)10-12)16-3-2-8-21-16/h4-7,12,16,18H,2-3,8-10H2,1H3. The minimum absolute atomic E-state index is 0.0820. The van der Waals surface area contributed by atoms with Gasteiger partial charge in [-0.15, -0.1) is 0 Å². The molecule has 2 aliphatic rings. The van der Waals surface area contributed by atoms with E-state index < -0.39 is 0 Å². The van der Waals surface area contributed by atoms with Gasteiger partial charge in [0, 0.05) is 23.7 Å². The van der Waals surface area contributed by atoms with Crippen LogP contribution in [0.1, 0.15) is 37.2 Å². The molecule has 2 unspecified atom stereocenters. The van der Waals surface area contributed by atoms with Crippen molar-refractivity contribution in [2.45, 2.75) is 36.9 Å². The molecule has 4 heteroatoms. The molecule has 1 fully saturated rings. The van der Waals surface area contributed by atoms with Crippen molar-refractivity contribution in [1.82, 2.24) is 0 Å². The summed E-state index contributed by atoms with van der Waals surface area (Å²) in [4.78, 5) is 12.4. The lowest BCUT2D eigenvalue weighted by Gasteiger charge is -2.26. The monoisotopic (exact) mass is 304 g/mol. The number of methoxy groups -OCH3 is 1. The predicted octanol–water partition coefficient (Wildman–Crippen LogP) is 3.85. The van der Waals surface area contributed by atoms with Gasteiger partial charge in [0.25, 0.3) is 0 Å². The zero-order valence-electron chi connectivity index (χ0n) is 12.2. The highest BCUT2D eigenvalue weighted by molar-refractivity contribution is 8.00. The van der Waals surface area contributed by atoms with Crippen LogP contribution in [0.4, 0.5) is 0 Å². The quantitative estimate of drug-likeness (QED) is 0.921. The smallest absolute Gasteiger partial charge is 0.163 e. The zero-order chi connectivity index (χ0) is 14.8. The first-order valence-electron chi connectivity index (χ1n) is 7.40. The first-order valence-corrected chi connectivity index (χ1v) is 8.44.